The van der Waals surface area contributed by atoms with Crippen molar-refractivity contribution in [3.05, 3.63) is 45.4 Å². The summed E-state index contributed by atoms with van der Waals surface area (Å²) in [5.74, 6) is -3.16. The highest BCUT2D eigenvalue weighted by molar-refractivity contribution is 6.39. The SMILES string of the molecule is Cn1c(Nc2c(Cl)ccc(CNC(=O)C(C)(C)C)c2Cl)nc2cc(C(N)=O)c(NC3CC(F)(F)C3)cc21. The van der Waals surface area contributed by atoms with Gasteiger partial charge in [-0.3, -0.25) is 9.59 Å². The second-order valence-electron chi connectivity index (χ2n) is 10.3. The van der Waals surface area contributed by atoms with Crippen LogP contribution in [0.15, 0.2) is 24.3 Å². The number of fused-ring (bicyclic) bond motifs is 1. The molecular formula is C25H28Cl2F2N6O2. The fourth-order valence-corrected chi connectivity index (χ4v) is 4.59. The molecule has 0 radical (unpaired) electrons. The zero-order valence-corrected chi connectivity index (χ0v) is 22.3. The van der Waals surface area contributed by atoms with E-state index in [1.54, 1.807) is 29.8 Å². The first-order valence-corrected chi connectivity index (χ1v) is 12.4. The van der Waals surface area contributed by atoms with E-state index in [4.69, 9.17) is 28.9 Å². The third-order valence-corrected chi connectivity index (χ3v) is 7.01. The van der Waals surface area contributed by atoms with E-state index in [1.807, 2.05) is 20.8 Å². The lowest BCUT2D eigenvalue weighted by Gasteiger charge is -2.36. The van der Waals surface area contributed by atoms with Crippen molar-refractivity contribution in [2.45, 2.75) is 52.1 Å². The number of carbonyl (C=O) groups is 2. The number of aryl methyl sites for hydroxylation is 1. The molecule has 3 aromatic rings. The van der Waals surface area contributed by atoms with Gasteiger partial charge in [0.25, 0.3) is 11.8 Å². The van der Waals surface area contributed by atoms with E-state index in [-0.39, 0.29) is 30.9 Å². The van der Waals surface area contributed by atoms with Gasteiger partial charge in [0.2, 0.25) is 11.9 Å². The molecule has 5 N–H and O–H groups in total. The lowest BCUT2D eigenvalue weighted by Crippen LogP contribution is -2.44. The molecule has 8 nitrogen and oxygen atoms in total. The highest BCUT2D eigenvalue weighted by atomic mass is 35.5. The van der Waals surface area contributed by atoms with Crippen LogP contribution < -0.4 is 21.7 Å². The minimum atomic E-state index is -2.71. The molecular weight excluding hydrogens is 525 g/mol. The van der Waals surface area contributed by atoms with Crippen LogP contribution in [0.5, 0.6) is 0 Å². The van der Waals surface area contributed by atoms with Gasteiger partial charge >= 0.3 is 0 Å². The van der Waals surface area contributed by atoms with Crippen LogP contribution in [0.3, 0.4) is 0 Å². The van der Waals surface area contributed by atoms with E-state index in [0.29, 0.717) is 44.0 Å². The molecule has 2 amide bonds. The number of hydrogen-bond donors (Lipinski definition) is 4. The van der Waals surface area contributed by atoms with Crippen LogP contribution in [0.2, 0.25) is 10.0 Å². The summed E-state index contributed by atoms with van der Waals surface area (Å²) in [6, 6.07) is 6.11. The summed E-state index contributed by atoms with van der Waals surface area (Å²) in [4.78, 5) is 28.9. The van der Waals surface area contributed by atoms with Crippen molar-refractivity contribution in [1.82, 2.24) is 14.9 Å². The van der Waals surface area contributed by atoms with Crippen LogP contribution in [0, 0.1) is 5.41 Å². The Balaban J connectivity index is 1.64. The third kappa shape index (κ3) is 5.60. The van der Waals surface area contributed by atoms with Crippen molar-refractivity contribution in [1.29, 1.82) is 0 Å². The Bertz CT molecular complexity index is 1390. The Kier molecular flexibility index (Phi) is 7.02. The summed E-state index contributed by atoms with van der Waals surface area (Å²) >= 11 is 13.1. The van der Waals surface area contributed by atoms with Gasteiger partial charge in [0, 0.05) is 43.6 Å². The molecule has 4 rings (SSSR count). The van der Waals surface area contributed by atoms with E-state index in [0.717, 1.165) is 0 Å². The van der Waals surface area contributed by atoms with Crippen LogP contribution >= 0.6 is 23.2 Å². The number of primary amides is 1. The van der Waals surface area contributed by atoms with Crippen LogP contribution in [0.1, 0.15) is 49.5 Å². The monoisotopic (exact) mass is 552 g/mol. The summed E-state index contributed by atoms with van der Waals surface area (Å²) in [7, 11) is 1.75. The van der Waals surface area contributed by atoms with E-state index in [1.165, 1.54) is 6.07 Å². The molecule has 0 unspecified atom stereocenters. The van der Waals surface area contributed by atoms with Crippen LogP contribution in [-0.4, -0.2) is 33.3 Å². The summed E-state index contributed by atoms with van der Waals surface area (Å²) in [5, 5.41) is 9.67. The molecule has 1 fully saturated rings. The normalized spacial score (nSPS) is 15.4. The lowest BCUT2D eigenvalue weighted by molar-refractivity contribution is -0.128. The van der Waals surface area contributed by atoms with Crippen molar-refractivity contribution >= 4 is 63.4 Å². The van der Waals surface area contributed by atoms with Gasteiger partial charge in [0.05, 0.1) is 32.3 Å². The molecule has 0 saturated heterocycles. The van der Waals surface area contributed by atoms with Gasteiger partial charge in [0.1, 0.15) is 0 Å². The van der Waals surface area contributed by atoms with E-state index in [2.05, 4.69) is 20.9 Å². The van der Waals surface area contributed by atoms with Crippen molar-refractivity contribution in [2.24, 2.45) is 18.2 Å². The Labute approximate surface area is 222 Å². The van der Waals surface area contributed by atoms with Crippen molar-refractivity contribution in [3.8, 4) is 0 Å². The number of imidazole rings is 1. The van der Waals surface area contributed by atoms with Gasteiger partial charge in [-0.2, -0.15) is 0 Å². The van der Waals surface area contributed by atoms with Crippen molar-refractivity contribution in [2.75, 3.05) is 10.6 Å². The molecule has 1 aliphatic rings. The first-order chi connectivity index (χ1) is 17.2. The van der Waals surface area contributed by atoms with Crippen LogP contribution in [0.25, 0.3) is 11.0 Å². The fraction of sp³-hybridized carbons (Fsp3) is 0.400. The Morgan fingerprint density at radius 3 is 2.49 bits per heavy atom. The molecule has 37 heavy (non-hydrogen) atoms. The van der Waals surface area contributed by atoms with Crippen molar-refractivity contribution in [3.63, 3.8) is 0 Å². The number of benzene rings is 2. The highest BCUT2D eigenvalue weighted by Gasteiger charge is 2.45. The van der Waals surface area contributed by atoms with Gasteiger partial charge in [-0.25, -0.2) is 13.8 Å². The number of alkyl halides is 2. The lowest BCUT2D eigenvalue weighted by atomic mass is 9.88. The third-order valence-electron chi connectivity index (χ3n) is 6.26. The number of hydrogen-bond acceptors (Lipinski definition) is 5. The van der Waals surface area contributed by atoms with Gasteiger partial charge in [0.15, 0.2) is 0 Å². The number of anilines is 3. The van der Waals surface area contributed by atoms with E-state index < -0.39 is 23.3 Å². The maximum atomic E-state index is 13.3. The molecule has 1 aliphatic carbocycles. The molecule has 0 atom stereocenters. The van der Waals surface area contributed by atoms with Gasteiger partial charge in [-0.05, 0) is 23.8 Å². The topological polar surface area (TPSA) is 114 Å². The zero-order chi connectivity index (χ0) is 27.3. The first kappa shape index (κ1) is 26.9. The van der Waals surface area contributed by atoms with Gasteiger partial charge < -0.3 is 26.3 Å². The van der Waals surface area contributed by atoms with Crippen LogP contribution in [0.4, 0.5) is 26.1 Å². The summed E-state index contributed by atoms with van der Waals surface area (Å²) in [6.45, 7) is 5.66. The predicted molar refractivity (Wildman–Crippen MR) is 142 cm³/mol. The molecule has 2 aromatic carbocycles. The standard InChI is InChI=1S/C25H28Cl2F2N6O2/c1-24(2,3)22(37)31-11-12-5-6-15(26)20(19(12)27)34-23-33-17-7-14(21(30)36)16(8-18(17)35(23)4)32-13-9-25(28,29)10-13/h5-8,13,32H,9-11H2,1-4H3,(H2,30,36)(H,31,37)(H,33,34). The smallest absolute Gasteiger partial charge is 0.252 e. The van der Waals surface area contributed by atoms with Crippen molar-refractivity contribution < 1.29 is 18.4 Å². The number of carbonyl (C=O) groups excluding carboxylic acids is 2. The Morgan fingerprint density at radius 2 is 1.89 bits per heavy atom. The van der Waals surface area contributed by atoms with Gasteiger partial charge in [-0.15, -0.1) is 0 Å². The number of nitrogens with two attached hydrogens (primary N) is 1. The number of aromatic nitrogens is 2. The maximum absolute atomic E-state index is 13.3. The predicted octanol–water partition coefficient (Wildman–Crippen LogP) is 5.59. The zero-order valence-electron chi connectivity index (χ0n) is 20.8. The molecule has 0 spiro atoms. The number of amides is 2. The molecule has 1 aromatic heterocycles. The second-order valence-corrected chi connectivity index (χ2v) is 11.1. The average Bonchev–Trinajstić information content (AvgIpc) is 3.07. The van der Waals surface area contributed by atoms with E-state index >= 15 is 0 Å². The highest BCUT2D eigenvalue weighted by Crippen LogP contribution is 2.40. The minimum absolute atomic E-state index is 0.122. The van der Waals surface area contributed by atoms with Crippen LogP contribution in [-0.2, 0) is 18.4 Å². The number of nitrogens with one attached hydrogen (secondary N) is 3. The maximum Gasteiger partial charge on any atom is 0.252 e. The summed E-state index contributed by atoms with van der Waals surface area (Å²) in [6.07, 6.45) is -0.629. The fourth-order valence-electron chi connectivity index (χ4n) is 4.06. The Morgan fingerprint density at radius 1 is 1.22 bits per heavy atom. The van der Waals surface area contributed by atoms with Gasteiger partial charge in [-0.1, -0.05) is 50.0 Å². The van der Waals surface area contributed by atoms with E-state index in [9.17, 15) is 18.4 Å². The summed E-state index contributed by atoms with van der Waals surface area (Å²) < 4.78 is 28.4. The summed E-state index contributed by atoms with van der Waals surface area (Å²) in [5.41, 5.74) is 7.66. The largest absolute Gasteiger partial charge is 0.381 e. The first-order valence-electron chi connectivity index (χ1n) is 11.6. The number of rotatable bonds is 7. The number of halogens is 4. The molecule has 198 valence electrons. The Hall–Kier alpha value is -3.11. The molecule has 12 heteroatoms. The molecule has 0 aliphatic heterocycles. The average molecular weight is 553 g/mol. The molecule has 0 bridgehead atoms. The second kappa shape index (κ2) is 9.64. The minimum Gasteiger partial charge on any atom is -0.381 e. The number of nitrogens with zero attached hydrogens (tertiary/aromatic N) is 2. The molecule has 1 saturated carbocycles. The quantitative estimate of drug-likeness (QED) is 0.305. The molecule has 1 heterocycles.